The van der Waals surface area contributed by atoms with Gasteiger partial charge in [-0.15, -0.1) is 0 Å². The van der Waals surface area contributed by atoms with E-state index in [0.29, 0.717) is 19.8 Å². The van der Waals surface area contributed by atoms with E-state index in [1.54, 1.807) is 0 Å². The lowest BCUT2D eigenvalue weighted by Gasteiger charge is -2.23. The molecule has 106 valence electrons. The second kappa shape index (κ2) is 9.18. The average Bonchev–Trinajstić information content (AvgIpc) is 2.34. The van der Waals surface area contributed by atoms with E-state index in [9.17, 15) is 13.6 Å². The summed E-state index contributed by atoms with van der Waals surface area (Å²) in [6, 6.07) is 0.183. The van der Waals surface area contributed by atoms with Crippen LogP contribution in [0, 0.1) is 0 Å². The second-order valence-electron chi connectivity index (χ2n) is 4.10. The van der Waals surface area contributed by atoms with Crippen molar-refractivity contribution in [2.24, 2.45) is 0 Å². The third kappa shape index (κ3) is 7.52. The Hall–Kier alpha value is -0.790. The van der Waals surface area contributed by atoms with Gasteiger partial charge in [-0.3, -0.25) is 4.79 Å². The zero-order valence-electron chi connectivity index (χ0n) is 10.3. The number of halogens is 2. The van der Waals surface area contributed by atoms with Crippen LogP contribution in [-0.4, -0.2) is 57.9 Å². The highest BCUT2D eigenvalue weighted by Gasteiger charge is 2.15. The minimum absolute atomic E-state index is 0.0873. The highest BCUT2D eigenvalue weighted by Crippen LogP contribution is 2.05. The molecule has 0 bridgehead atoms. The van der Waals surface area contributed by atoms with Crippen molar-refractivity contribution < 1.29 is 23.0 Å². The summed E-state index contributed by atoms with van der Waals surface area (Å²) >= 11 is 0. The molecule has 1 fully saturated rings. The quantitative estimate of drug-likeness (QED) is 0.614. The summed E-state index contributed by atoms with van der Waals surface area (Å²) in [5.74, 6) is -0.0873. The topological polar surface area (TPSA) is 59.6 Å². The molecule has 0 atom stereocenters. The molecule has 1 aliphatic heterocycles. The van der Waals surface area contributed by atoms with Gasteiger partial charge in [0.15, 0.2) is 0 Å². The van der Waals surface area contributed by atoms with Gasteiger partial charge in [-0.1, -0.05) is 0 Å². The molecular formula is C11H20F2N2O3. The number of hydrogen-bond acceptors (Lipinski definition) is 4. The molecule has 0 aromatic carbocycles. The van der Waals surface area contributed by atoms with Gasteiger partial charge >= 0.3 is 0 Å². The van der Waals surface area contributed by atoms with Crippen molar-refractivity contribution >= 4 is 5.91 Å². The van der Waals surface area contributed by atoms with Crippen LogP contribution in [0.1, 0.15) is 12.8 Å². The van der Waals surface area contributed by atoms with E-state index in [2.05, 4.69) is 15.4 Å². The lowest BCUT2D eigenvalue weighted by molar-refractivity contribution is -0.121. The maximum atomic E-state index is 11.7. The van der Waals surface area contributed by atoms with Crippen molar-refractivity contribution in [1.82, 2.24) is 10.6 Å². The maximum Gasteiger partial charge on any atom is 0.261 e. The first-order valence-corrected chi connectivity index (χ1v) is 6.12. The Bertz CT molecular complexity index is 236. The van der Waals surface area contributed by atoms with Gasteiger partial charge in [0.25, 0.3) is 6.43 Å². The summed E-state index contributed by atoms with van der Waals surface area (Å²) in [7, 11) is 0. The van der Waals surface area contributed by atoms with Gasteiger partial charge in [0.05, 0.1) is 13.2 Å². The predicted octanol–water partition coefficient (Wildman–Crippen LogP) is 0.153. The van der Waals surface area contributed by atoms with Crippen LogP contribution in [-0.2, 0) is 14.3 Å². The first-order valence-electron chi connectivity index (χ1n) is 6.12. The monoisotopic (exact) mass is 266 g/mol. The number of nitrogens with one attached hydrogen (secondary N) is 2. The summed E-state index contributed by atoms with van der Waals surface area (Å²) in [5, 5.41) is 5.72. The molecule has 1 aliphatic rings. The number of alkyl halides is 2. The average molecular weight is 266 g/mol. The van der Waals surface area contributed by atoms with Crippen molar-refractivity contribution in [3.05, 3.63) is 0 Å². The molecule has 1 saturated heterocycles. The molecule has 1 amide bonds. The number of rotatable bonds is 8. The predicted molar refractivity (Wildman–Crippen MR) is 61.7 cm³/mol. The minimum Gasteiger partial charge on any atom is -0.381 e. The zero-order chi connectivity index (χ0) is 13.2. The minimum atomic E-state index is -2.44. The van der Waals surface area contributed by atoms with Gasteiger partial charge in [0, 0.05) is 25.8 Å². The van der Waals surface area contributed by atoms with E-state index in [0.717, 1.165) is 12.8 Å². The third-order valence-corrected chi connectivity index (χ3v) is 2.54. The lowest BCUT2D eigenvalue weighted by Crippen LogP contribution is -2.43. The van der Waals surface area contributed by atoms with E-state index >= 15 is 0 Å². The van der Waals surface area contributed by atoms with Crippen LogP contribution in [0.5, 0.6) is 0 Å². The van der Waals surface area contributed by atoms with E-state index in [-0.39, 0.29) is 25.1 Å². The first-order chi connectivity index (χ1) is 8.68. The smallest absolute Gasteiger partial charge is 0.261 e. The standard InChI is InChI=1S/C11H20F2N2O3/c12-10(13)8-18-6-3-14-7-11(16)15-9-1-4-17-5-2-9/h9-10,14H,1-8H2,(H,15,16). The SMILES string of the molecule is O=C(CNCCOCC(F)F)NC1CCOCC1. The Morgan fingerprint density at radius 2 is 2.11 bits per heavy atom. The fourth-order valence-corrected chi connectivity index (χ4v) is 1.64. The summed E-state index contributed by atoms with van der Waals surface area (Å²) in [4.78, 5) is 11.5. The molecule has 18 heavy (non-hydrogen) atoms. The van der Waals surface area contributed by atoms with Crippen LogP contribution >= 0.6 is 0 Å². The van der Waals surface area contributed by atoms with Crippen molar-refractivity contribution in [1.29, 1.82) is 0 Å². The Balaban J connectivity index is 1.93. The second-order valence-corrected chi connectivity index (χ2v) is 4.10. The summed E-state index contributed by atoms with van der Waals surface area (Å²) in [6.45, 7) is 1.54. The van der Waals surface area contributed by atoms with Crippen LogP contribution in [0.2, 0.25) is 0 Å². The van der Waals surface area contributed by atoms with E-state index < -0.39 is 13.0 Å². The molecule has 0 aromatic heterocycles. The number of hydrogen-bond donors (Lipinski definition) is 2. The normalized spacial score (nSPS) is 17.1. The van der Waals surface area contributed by atoms with Gasteiger partial charge in [-0.25, -0.2) is 8.78 Å². The number of amides is 1. The van der Waals surface area contributed by atoms with Crippen LogP contribution in [0.25, 0.3) is 0 Å². The lowest BCUT2D eigenvalue weighted by atomic mass is 10.1. The highest BCUT2D eigenvalue weighted by molar-refractivity contribution is 5.78. The van der Waals surface area contributed by atoms with E-state index in [1.165, 1.54) is 0 Å². The molecule has 1 heterocycles. The maximum absolute atomic E-state index is 11.7. The van der Waals surface area contributed by atoms with Gasteiger partial charge in [-0.05, 0) is 12.8 Å². The molecule has 1 rings (SSSR count). The molecule has 0 aliphatic carbocycles. The Kier molecular flexibility index (Phi) is 7.79. The molecule has 5 nitrogen and oxygen atoms in total. The molecule has 0 spiro atoms. The Morgan fingerprint density at radius 3 is 2.78 bits per heavy atom. The summed E-state index contributed by atoms with van der Waals surface area (Å²) in [5.41, 5.74) is 0. The van der Waals surface area contributed by atoms with Crippen molar-refractivity contribution in [3.8, 4) is 0 Å². The fourth-order valence-electron chi connectivity index (χ4n) is 1.64. The molecule has 7 heteroatoms. The molecule has 0 unspecified atom stereocenters. The molecule has 0 aromatic rings. The van der Waals surface area contributed by atoms with Crippen LogP contribution in [0.15, 0.2) is 0 Å². The Labute approximate surface area is 105 Å². The van der Waals surface area contributed by atoms with E-state index in [1.807, 2.05) is 0 Å². The number of carbonyl (C=O) groups is 1. The largest absolute Gasteiger partial charge is 0.381 e. The number of carbonyl (C=O) groups excluding carboxylic acids is 1. The molecular weight excluding hydrogens is 246 g/mol. The fraction of sp³-hybridized carbons (Fsp3) is 0.909. The number of ether oxygens (including phenoxy) is 2. The molecule has 0 saturated carbocycles. The van der Waals surface area contributed by atoms with Crippen molar-refractivity contribution in [2.75, 3.05) is 39.5 Å². The van der Waals surface area contributed by atoms with E-state index in [4.69, 9.17) is 4.74 Å². The summed E-state index contributed by atoms with van der Waals surface area (Å²) < 4.78 is 33.3. The molecule has 0 radical (unpaired) electrons. The third-order valence-electron chi connectivity index (χ3n) is 2.54. The zero-order valence-corrected chi connectivity index (χ0v) is 10.3. The first kappa shape index (κ1) is 15.3. The highest BCUT2D eigenvalue weighted by atomic mass is 19.3. The van der Waals surface area contributed by atoms with Gasteiger partial charge in [0.1, 0.15) is 6.61 Å². The van der Waals surface area contributed by atoms with Crippen LogP contribution in [0.4, 0.5) is 8.78 Å². The van der Waals surface area contributed by atoms with Crippen molar-refractivity contribution in [2.45, 2.75) is 25.3 Å². The van der Waals surface area contributed by atoms with Crippen molar-refractivity contribution in [3.63, 3.8) is 0 Å². The molecule has 2 N–H and O–H groups in total. The van der Waals surface area contributed by atoms with Gasteiger partial charge in [-0.2, -0.15) is 0 Å². The Morgan fingerprint density at radius 1 is 1.39 bits per heavy atom. The van der Waals surface area contributed by atoms with Gasteiger partial charge in [0.2, 0.25) is 5.91 Å². The van der Waals surface area contributed by atoms with Crippen LogP contribution in [0.3, 0.4) is 0 Å². The van der Waals surface area contributed by atoms with Gasteiger partial charge < -0.3 is 20.1 Å². The summed E-state index contributed by atoms with van der Waals surface area (Å²) in [6.07, 6.45) is -0.770. The van der Waals surface area contributed by atoms with Crippen LogP contribution < -0.4 is 10.6 Å².